The molecule has 0 heterocycles. The Morgan fingerprint density at radius 1 is 1.33 bits per heavy atom. The van der Waals surface area contributed by atoms with Crippen molar-refractivity contribution in [2.75, 3.05) is 0 Å². The molecular formula is C13H17FO. The first kappa shape index (κ1) is 10.6. The molecule has 1 fully saturated rings. The highest BCUT2D eigenvalue weighted by Crippen LogP contribution is 2.56. The van der Waals surface area contributed by atoms with Crippen molar-refractivity contribution in [2.45, 2.75) is 32.8 Å². The quantitative estimate of drug-likeness (QED) is 0.752. The van der Waals surface area contributed by atoms with Crippen LogP contribution >= 0.6 is 0 Å². The van der Waals surface area contributed by atoms with Gasteiger partial charge in [0.2, 0.25) is 0 Å². The third-order valence-corrected chi connectivity index (χ3v) is 3.80. The van der Waals surface area contributed by atoms with E-state index in [4.69, 9.17) is 0 Å². The zero-order chi connectivity index (χ0) is 11.2. The molecular weight excluding hydrogens is 191 g/mol. The molecule has 1 aliphatic carbocycles. The normalized spacial score (nSPS) is 33.5. The van der Waals surface area contributed by atoms with E-state index in [1.165, 1.54) is 6.07 Å². The molecule has 0 amide bonds. The van der Waals surface area contributed by atoms with Gasteiger partial charge in [0.15, 0.2) is 0 Å². The molecule has 0 radical (unpaired) electrons. The van der Waals surface area contributed by atoms with Crippen LogP contribution in [-0.4, -0.2) is 11.2 Å². The van der Waals surface area contributed by atoms with Crippen molar-refractivity contribution in [3.63, 3.8) is 0 Å². The third kappa shape index (κ3) is 1.48. The number of rotatable bonds is 1. The van der Waals surface area contributed by atoms with Crippen LogP contribution in [-0.2, 0) is 0 Å². The topological polar surface area (TPSA) is 20.2 Å². The Morgan fingerprint density at radius 3 is 2.53 bits per heavy atom. The van der Waals surface area contributed by atoms with Gasteiger partial charge in [-0.2, -0.15) is 0 Å². The first-order valence-electron chi connectivity index (χ1n) is 5.38. The van der Waals surface area contributed by atoms with Gasteiger partial charge >= 0.3 is 0 Å². The zero-order valence-corrected chi connectivity index (χ0v) is 9.37. The lowest BCUT2D eigenvalue weighted by molar-refractivity contribution is -0.115. The second-order valence-electron chi connectivity index (χ2n) is 5.16. The van der Waals surface area contributed by atoms with E-state index in [9.17, 15) is 9.50 Å². The Bertz CT molecular complexity index is 373. The Kier molecular flexibility index (Phi) is 2.34. The fourth-order valence-electron chi connectivity index (χ4n) is 3.04. The van der Waals surface area contributed by atoms with Crippen LogP contribution < -0.4 is 0 Å². The van der Waals surface area contributed by atoms with Crippen LogP contribution in [0.1, 0.15) is 32.3 Å². The molecule has 0 aliphatic heterocycles. The van der Waals surface area contributed by atoms with Crippen LogP contribution in [0.3, 0.4) is 0 Å². The largest absolute Gasteiger partial charge is 0.392 e. The number of aliphatic hydroxyl groups excluding tert-OH is 1. The molecule has 1 aromatic rings. The van der Waals surface area contributed by atoms with E-state index >= 15 is 0 Å². The van der Waals surface area contributed by atoms with E-state index < -0.39 is 0 Å². The van der Waals surface area contributed by atoms with E-state index in [0.717, 1.165) is 5.56 Å². The molecule has 0 aromatic heterocycles. The van der Waals surface area contributed by atoms with Gasteiger partial charge in [-0.05, 0) is 34.9 Å². The van der Waals surface area contributed by atoms with Crippen molar-refractivity contribution in [3.8, 4) is 0 Å². The van der Waals surface area contributed by atoms with Crippen LogP contribution in [0.2, 0.25) is 0 Å². The van der Waals surface area contributed by atoms with Gasteiger partial charge in [0.1, 0.15) is 5.82 Å². The summed E-state index contributed by atoms with van der Waals surface area (Å²) in [7, 11) is 0. The standard InChI is InChI=1S/C13H17FO/c1-8-11(13(2,3)12(8)15)9-5-4-6-10(14)7-9/h4-8,11-12,15H,1-3H3. The molecule has 1 N–H and O–H groups in total. The summed E-state index contributed by atoms with van der Waals surface area (Å²) in [5, 5.41) is 9.85. The van der Waals surface area contributed by atoms with Crippen LogP contribution in [0, 0.1) is 17.2 Å². The molecule has 15 heavy (non-hydrogen) atoms. The maximum Gasteiger partial charge on any atom is 0.123 e. The summed E-state index contributed by atoms with van der Waals surface area (Å²) in [5.41, 5.74) is 0.852. The molecule has 2 heteroatoms. The van der Waals surface area contributed by atoms with Gasteiger partial charge in [0.05, 0.1) is 6.10 Å². The molecule has 1 aliphatic rings. The van der Waals surface area contributed by atoms with Gasteiger partial charge in [-0.3, -0.25) is 0 Å². The van der Waals surface area contributed by atoms with Crippen molar-refractivity contribution < 1.29 is 9.50 Å². The van der Waals surface area contributed by atoms with Gasteiger partial charge in [-0.15, -0.1) is 0 Å². The maximum absolute atomic E-state index is 13.1. The van der Waals surface area contributed by atoms with Gasteiger partial charge in [-0.1, -0.05) is 32.9 Å². The first-order chi connectivity index (χ1) is 6.94. The molecule has 0 spiro atoms. The SMILES string of the molecule is CC1C(O)C(C)(C)C1c1cccc(F)c1. The highest BCUT2D eigenvalue weighted by atomic mass is 19.1. The molecule has 1 aromatic carbocycles. The smallest absolute Gasteiger partial charge is 0.123 e. The van der Waals surface area contributed by atoms with E-state index in [1.54, 1.807) is 12.1 Å². The highest BCUT2D eigenvalue weighted by molar-refractivity contribution is 5.28. The van der Waals surface area contributed by atoms with Crippen molar-refractivity contribution in [3.05, 3.63) is 35.6 Å². The minimum atomic E-state index is -0.286. The van der Waals surface area contributed by atoms with Crippen LogP contribution in [0.5, 0.6) is 0 Å². The van der Waals surface area contributed by atoms with E-state index in [1.807, 2.05) is 26.8 Å². The summed E-state index contributed by atoms with van der Waals surface area (Å²) in [6, 6.07) is 6.71. The fraction of sp³-hybridized carbons (Fsp3) is 0.538. The second-order valence-corrected chi connectivity index (χ2v) is 5.16. The third-order valence-electron chi connectivity index (χ3n) is 3.80. The molecule has 1 nitrogen and oxygen atoms in total. The average molecular weight is 208 g/mol. The molecule has 2 rings (SSSR count). The number of aliphatic hydroxyl groups is 1. The van der Waals surface area contributed by atoms with E-state index in [-0.39, 0.29) is 29.2 Å². The van der Waals surface area contributed by atoms with E-state index in [2.05, 4.69) is 0 Å². The second kappa shape index (κ2) is 3.31. The maximum atomic E-state index is 13.1. The van der Waals surface area contributed by atoms with Crippen LogP contribution in [0.25, 0.3) is 0 Å². The predicted octanol–water partition coefficient (Wildman–Crippen LogP) is 2.95. The summed E-state index contributed by atoms with van der Waals surface area (Å²) in [6.07, 6.45) is -0.286. The summed E-state index contributed by atoms with van der Waals surface area (Å²) in [5.74, 6) is 0.266. The Morgan fingerprint density at radius 2 is 2.00 bits per heavy atom. The molecule has 0 saturated heterocycles. The number of halogens is 1. The molecule has 1 saturated carbocycles. The van der Waals surface area contributed by atoms with Crippen molar-refractivity contribution in [2.24, 2.45) is 11.3 Å². The molecule has 3 atom stereocenters. The Hall–Kier alpha value is -0.890. The zero-order valence-electron chi connectivity index (χ0n) is 9.37. The van der Waals surface area contributed by atoms with Gasteiger partial charge in [-0.25, -0.2) is 4.39 Å². The van der Waals surface area contributed by atoms with Crippen molar-refractivity contribution in [1.82, 2.24) is 0 Å². The minimum absolute atomic E-state index is 0.146. The molecule has 82 valence electrons. The Balaban J connectivity index is 2.33. The monoisotopic (exact) mass is 208 g/mol. The van der Waals surface area contributed by atoms with Gasteiger partial charge in [0.25, 0.3) is 0 Å². The van der Waals surface area contributed by atoms with Crippen molar-refractivity contribution >= 4 is 0 Å². The highest BCUT2D eigenvalue weighted by Gasteiger charge is 2.53. The lowest BCUT2D eigenvalue weighted by Gasteiger charge is -2.55. The van der Waals surface area contributed by atoms with Crippen molar-refractivity contribution in [1.29, 1.82) is 0 Å². The predicted molar refractivity (Wildman–Crippen MR) is 58.1 cm³/mol. The molecule has 0 bridgehead atoms. The number of benzene rings is 1. The lowest BCUT2D eigenvalue weighted by Crippen LogP contribution is -2.54. The molecule has 3 unspecified atom stereocenters. The number of hydrogen-bond acceptors (Lipinski definition) is 1. The minimum Gasteiger partial charge on any atom is -0.392 e. The number of hydrogen-bond donors (Lipinski definition) is 1. The summed E-state index contributed by atoms with van der Waals surface area (Å²) in [6.45, 7) is 6.09. The van der Waals surface area contributed by atoms with Gasteiger partial charge < -0.3 is 5.11 Å². The van der Waals surface area contributed by atoms with Crippen LogP contribution in [0.4, 0.5) is 4.39 Å². The fourth-order valence-corrected chi connectivity index (χ4v) is 3.04. The average Bonchev–Trinajstić information content (AvgIpc) is 2.17. The first-order valence-corrected chi connectivity index (χ1v) is 5.38. The summed E-state index contributed by atoms with van der Waals surface area (Å²) >= 11 is 0. The van der Waals surface area contributed by atoms with Crippen LogP contribution in [0.15, 0.2) is 24.3 Å². The van der Waals surface area contributed by atoms with Gasteiger partial charge in [0, 0.05) is 0 Å². The summed E-state index contributed by atoms with van der Waals surface area (Å²) in [4.78, 5) is 0. The Labute approximate surface area is 89.9 Å². The summed E-state index contributed by atoms with van der Waals surface area (Å²) < 4.78 is 13.1. The lowest BCUT2D eigenvalue weighted by atomic mass is 9.52. The van der Waals surface area contributed by atoms with E-state index in [0.29, 0.717) is 0 Å².